The molecule has 0 heterocycles. The number of esters is 4. The molecule has 3 N–H and O–H groups in total. The van der Waals surface area contributed by atoms with Crippen LogP contribution in [0.15, 0.2) is 24.3 Å². The predicted octanol–water partition coefficient (Wildman–Crippen LogP) is 17.8. The Labute approximate surface area is 516 Å². The fourth-order valence-corrected chi connectivity index (χ4v) is 10.9. The predicted molar refractivity (Wildman–Crippen MR) is 340 cm³/mol. The number of hydrogen-bond donors (Lipinski definition) is 3. The highest BCUT2D eigenvalue weighted by molar-refractivity contribution is 7.47. The number of ether oxygens (including phenoxy) is 4. The molecule has 3 unspecified atom stereocenters. The van der Waals surface area contributed by atoms with Crippen molar-refractivity contribution in [2.45, 2.75) is 317 Å². The van der Waals surface area contributed by atoms with E-state index in [-0.39, 0.29) is 25.7 Å². The standard InChI is InChI=1S/C66H124O17P2/c1-8-9-10-11-12-13-14-15-16-17-18-19-25-35-42-49-65(70)82-62(54-77-64(69)48-41-34-29-28-32-39-46-59(6)7)56-81-85(74,75)79-52-60(67)51-78-84(72,73)80-55-61(53-76-63(68)47-40-33-27-22-24-31-38-45-58(4)5)83-66(71)50-43-36-26-21-20-23-30-37-44-57(2)3/h13-16,57-62,67H,8-12,17-56H2,1-7H3,(H,72,73)(H,74,75)/b14-13-,16-15-/t60?,61-,62-/m1/s1. The van der Waals surface area contributed by atoms with Crippen molar-refractivity contribution in [1.82, 2.24) is 0 Å². The summed E-state index contributed by atoms with van der Waals surface area (Å²) in [5, 5.41) is 10.5. The lowest BCUT2D eigenvalue weighted by Crippen LogP contribution is -2.30. The van der Waals surface area contributed by atoms with Gasteiger partial charge in [-0.25, -0.2) is 9.13 Å². The lowest BCUT2D eigenvalue weighted by atomic mass is 10.0. The number of phosphoric ester groups is 2. The summed E-state index contributed by atoms with van der Waals surface area (Å²) in [4.78, 5) is 72.2. The molecule has 0 aromatic carbocycles. The van der Waals surface area contributed by atoms with E-state index in [0.29, 0.717) is 43.4 Å². The zero-order valence-electron chi connectivity index (χ0n) is 54.5. The Hall–Kier alpha value is -2.46. The van der Waals surface area contributed by atoms with E-state index in [9.17, 15) is 43.2 Å². The maximum atomic E-state index is 13.0. The smallest absolute Gasteiger partial charge is 0.462 e. The summed E-state index contributed by atoms with van der Waals surface area (Å²) in [6.45, 7) is 11.6. The molecule has 0 spiro atoms. The van der Waals surface area contributed by atoms with Gasteiger partial charge in [-0.1, -0.05) is 246 Å². The maximum absolute atomic E-state index is 13.0. The van der Waals surface area contributed by atoms with Crippen LogP contribution in [0.2, 0.25) is 0 Å². The van der Waals surface area contributed by atoms with Gasteiger partial charge in [-0.3, -0.25) is 37.3 Å². The lowest BCUT2D eigenvalue weighted by molar-refractivity contribution is -0.161. The number of aliphatic hydroxyl groups is 1. The first kappa shape index (κ1) is 82.5. The van der Waals surface area contributed by atoms with Crippen LogP contribution < -0.4 is 0 Å². The molecule has 0 saturated carbocycles. The number of aliphatic hydroxyl groups excluding tert-OH is 1. The highest BCUT2D eigenvalue weighted by Gasteiger charge is 2.30. The number of unbranched alkanes of at least 4 members (excludes halogenated alkanes) is 27. The summed E-state index contributed by atoms with van der Waals surface area (Å²) in [6.07, 6.45) is 41.4. The number of phosphoric acid groups is 2. The molecule has 0 saturated heterocycles. The molecule has 17 nitrogen and oxygen atoms in total. The van der Waals surface area contributed by atoms with Crippen molar-refractivity contribution in [1.29, 1.82) is 0 Å². The first-order chi connectivity index (χ1) is 40.7. The highest BCUT2D eigenvalue weighted by atomic mass is 31.2. The molecule has 0 aromatic heterocycles. The van der Waals surface area contributed by atoms with Gasteiger partial charge in [0.25, 0.3) is 0 Å². The van der Waals surface area contributed by atoms with E-state index in [1.807, 2.05) is 0 Å². The van der Waals surface area contributed by atoms with Gasteiger partial charge in [0.15, 0.2) is 12.2 Å². The van der Waals surface area contributed by atoms with E-state index in [4.69, 9.17) is 37.0 Å². The SMILES string of the molecule is CCCCCC/C=C\C=C/CCCCCCCC(=O)O[C@H](COC(=O)CCCCCCCCC(C)C)COP(=O)(O)OCC(O)COP(=O)(O)OC[C@@H](COC(=O)CCCCCCCCCC(C)C)OC(=O)CCCCCCCCCCC(C)C. The minimum absolute atomic E-state index is 0.0832. The van der Waals surface area contributed by atoms with Gasteiger partial charge in [0.1, 0.15) is 19.3 Å². The normalized spacial score (nSPS) is 14.5. The van der Waals surface area contributed by atoms with Crippen LogP contribution in [-0.4, -0.2) is 96.7 Å². The first-order valence-electron chi connectivity index (χ1n) is 33.7. The van der Waals surface area contributed by atoms with Crippen LogP contribution in [0.4, 0.5) is 0 Å². The molecule has 0 bridgehead atoms. The van der Waals surface area contributed by atoms with Crippen LogP contribution >= 0.6 is 15.6 Å². The van der Waals surface area contributed by atoms with Crippen LogP contribution in [-0.2, 0) is 65.4 Å². The second-order valence-electron chi connectivity index (χ2n) is 24.6. The third-order valence-corrected chi connectivity index (χ3v) is 16.4. The van der Waals surface area contributed by atoms with Crippen molar-refractivity contribution < 1.29 is 80.2 Å². The fourth-order valence-electron chi connectivity index (χ4n) is 9.29. The Morgan fingerprint density at radius 2 is 0.635 bits per heavy atom. The molecular weight excluding hydrogens is 1130 g/mol. The summed E-state index contributed by atoms with van der Waals surface area (Å²) in [5.41, 5.74) is 0. The Kier molecular flexibility index (Phi) is 55.1. The average Bonchev–Trinajstić information content (AvgIpc) is 3.61. The quantitative estimate of drug-likeness (QED) is 0.0169. The molecule has 0 aliphatic heterocycles. The van der Waals surface area contributed by atoms with E-state index >= 15 is 0 Å². The zero-order chi connectivity index (χ0) is 63.1. The molecule has 0 radical (unpaired) electrons. The van der Waals surface area contributed by atoms with Crippen molar-refractivity contribution in [2.75, 3.05) is 39.6 Å². The number of hydrogen-bond acceptors (Lipinski definition) is 15. The van der Waals surface area contributed by atoms with Crippen molar-refractivity contribution in [2.24, 2.45) is 17.8 Å². The topological polar surface area (TPSA) is 237 Å². The van der Waals surface area contributed by atoms with Crippen molar-refractivity contribution in [3.8, 4) is 0 Å². The number of carbonyl (C=O) groups excluding carboxylic acids is 4. The Bertz CT molecular complexity index is 1770. The molecular formula is C66H124O17P2. The summed E-state index contributed by atoms with van der Waals surface area (Å²) >= 11 is 0. The Morgan fingerprint density at radius 1 is 0.365 bits per heavy atom. The van der Waals surface area contributed by atoms with Crippen LogP contribution in [0.3, 0.4) is 0 Å². The van der Waals surface area contributed by atoms with E-state index in [1.54, 1.807) is 0 Å². The lowest BCUT2D eigenvalue weighted by Gasteiger charge is -2.21. The molecule has 0 aliphatic carbocycles. The third-order valence-electron chi connectivity index (χ3n) is 14.5. The molecule has 0 rings (SSSR count). The third kappa shape index (κ3) is 60.2. The van der Waals surface area contributed by atoms with Gasteiger partial charge in [0, 0.05) is 25.7 Å². The largest absolute Gasteiger partial charge is 0.472 e. The molecule has 500 valence electrons. The molecule has 19 heteroatoms. The van der Waals surface area contributed by atoms with Crippen molar-refractivity contribution in [3.63, 3.8) is 0 Å². The van der Waals surface area contributed by atoms with Gasteiger partial charge < -0.3 is 33.8 Å². The second-order valence-corrected chi connectivity index (χ2v) is 27.5. The average molecular weight is 1250 g/mol. The van der Waals surface area contributed by atoms with Crippen molar-refractivity contribution in [3.05, 3.63) is 24.3 Å². The van der Waals surface area contributed by atoms with Crippen LogP contribution in [0.25, 0.3) is 0 Å². The summed E-state index contributed by atoms with van der Waals surface area (Å²) in [6, 6.07) is 0. The van der Waals surface area contributed by atoms with E-state index in [0.717, 1.165) is 116 Å². The van der Waals surface area contributed by atoms with Gasteiger partial charge in [-0.05, 0) is 69.1 Å². The summed E-state index contributed by atoms with van der Waals surface area (Å²) in [7, 11) is -9.90. The van der Waals surface area contributed by atoms with Crippen LogP contribution in [0.1, 0.15) is 299 Å². The molecule has 0 amide bonds. The van der Waals surface area contributed by atoms with Gasteiger partial charge in [-0.2, -0.15) is 0 Å². The van der Waals surface area contributed by atoms with Gasteiger partial charge in [-0.15, -0.1) is 0 Å². The number of rotatable bonds is 62. The Morgan fingerprint density at radius 3 is 0.953 bits per heavy atom. The number of carbonyl (C=O) groups is 4. The van der Waals surface area contributed by atoms with Crippen LogP contribution in [0.5, 0.6) is 0 Å². The van der Waals surface area contributed by atoms with Crippen LogP contribution in [0, 0.1) is 17.8 Å². The summed E-state index contributed by atoms with van der Waals surface area (Å²) < 4.78 is 68.0. The summed E-state index contributed by atoms with van der Waals surface area (Å²) in [5.74, 6) is -0.0721. The minimum atomic E-state index is -4.95. The fraction of sp³-hybridized carbons (Fsp3) is 0.879. The van der Waals surface area contributed by atoms with Crippen molar-refractivity contribution >= 4 is 39.5 Å². The van der Waals surface area contributed by atoms with E-state index in [2.05, 4.69) is 72.8 Å². The molecule has 0 fully saturated rings. The molecule has 0 aromatic rings. The molecule has 85 heavy (non-hydrogen) atoms. The maximum Gasteiger partial charge on any atom is 0.472 e. The minimum Gasteiger partial charge on any atom is -0.462 e. The monoisotopic (exact) mass is 1250 g/mol. The number of allylic oxidation sites excluding steroid dienone is 4. The molecule has 0 aliphatic rings. The zero-order valence-corrected chi connectivity index (χ0v) is 56.3. The van der Waals surface area contributed by atoms with Gasteiger partial charge in [0.2, 0.25) is 0 Å². The van der Waals surface area contributed by atoms with E-state index in [1.165, 1.54) is 83.5 Å². The second kappa shape index (κ2) is 56.8. The Balaban J connectivity index is 5.27. The highest BCUT2D eigenvalue weighted by Crippen LogP contribution is 2.45. The van der Waals surface area contributed by atoms with Gasteiger partial charge in [0.05, 0.1) is 26.4 Å². The van der Waals surface area contributed by atoms with E-state index < -0.39 is 97.5 Å². The van der Waals surface area contributed by atoms with Gasteiger partial charge >= 0.3 is 39.5 Å². The first-order valence-corrected chi connectivity index (χ1v) is 36.7. The molecule has 5 atom stereocenters.